The average Bonchev–Trinajstić information content (AvgIpc) is 3.11. The summed E-state index contributed by atoms with van der Waals surface area (Å²) in [5.74, 6) is -0.155. The van der Waals surface area contributed by atoms with E-state index in [1.807, 2.05) is 25.3 Å². The maximum absolute atomic E-state index is 13.1. The van der Waals surface area contributed by atoms with Crippen molar-refractivity contribution in [3.05, 3.63) is 35.7 Å². The Kier molecular flexibility index (Phi) is 4.92. The molecule has 1 atom stereocenters. The molecule has 9 heteroatoms. The summed E-state index contributed by atoms with van der Waals surface area (Å²) in [5.41, 5.74) is 2.31. The van der Waals surface area contributed by atoms with Crippen LogP contribution in [0.4, 0.5) is 0 Å². The van der Waals surface area contributed by atoms with Crippen LogP contribution in [0.1, 0.15) is 28.8 Å². The molecule has 4 heterocycles. The lowest BCUT2D eigenvalue weighted by Crippen LogP contribution is -2.51. The number of amides is 1. The number of carbonyl (C=O) groups is 1. The summed E-state index contributed by atoms with van der Waals surface area (Å²) in [5, 5.41) is 3.69. The number of fused-ring (bicyclic) bond motifs is 1. The van der Waals surface area contributed by atoms with Crippen LogP contribution in [0.25, 0.3) is 5.52 Å². The maximum atomic E-state index is 13.1. The molecule has 1 amide bonds. The van der Waals surface area contributed by atoms with Gasteiger partial charge < -0.3 is 9.64 Å². The van der Waals surface area contributed by atoms with Gasteiger partial charge in [0.1, 0.15) is 0 Å². The number of rotatable bonds is 3. The molecule has 0 spiro atoms. The smallest absolute Gasteiger partial charge is 0.257 e. The molecule has 1 unspecified atom stereocenters. The summed E-state index contributed by atoms with van der Waals surface area (Å²) >= 11 is 0. The number of likely N-dealkylation sites (tertiary alicyclic amines) is 1. The van der Waals surface area contributed by atoms with Gasteiger partial charge in [0, 0.05) is 32.4 Å². The fourth-order valence-corrected chi connectivity index (χ4v) is 5.71. The minimum absolute atomic E-state index is 0.155. The molecule has 2 aliphatic heterocycles. The zero-order valence-electron chi connectivity index (χ0n) is 15.4. The fourth-order valence-electron chi connectivity index (χ4n) is 3.80. The highest BCUT2D eigenvalue weighted by Crippen LogP contribution is 2.24. The fraction of sp³-hybridized carbons (Fsp3) is 0.556. The largest absolute Gasteiger partial charge is 0.379 e. The highest BCUT2D eigenvalue weighted by Gasteiger charge is 2.37. The molecule has 0 aromatic carbocycles. The number of piperidine rings is 1. The molecule has 2 aliphatic rings. The first kappa shape index (κ1) is 18.4. The molecular weight excluding hydrogens is 368 g/mol. The van der Waals surface area contributed by atoms with Gasteiger partial charge in [0.25, 0.3) is 5.91 Å². The molecule has 0 bridgehead atoms. The summed E-state index contributed by atoms with van der Waals surface area (Å²) in [7, 11) is -3.43. The number of hydrogen-bond donors (Lipinski definition) is 0. The van der Waals surface area contributed by atoms with E-state index in [0.717, 1.165) is 11.1 Å². The van der Waals surface area contributed by atoms with E-state index in [0.29, 0.717) is 51.3 Å². The van der Waals surface area contributed by atoms with Crippen molar-refractivity contribution in [1.29, 1.82) is 0 Å². The van der Waals surface area contributed by atoms with E-state index < -0.39 is 15.3 Å². The predicted octanol–water partition coefficient (Wildman–Crippen LogP) is 0.909. The van der Waals surface area contributed by atoms with E-state index in [-0.39, 0.29) is 12.5 Å². The first-order valence-electron chi connectivity index (χ1n) is 9.27. The first-order chi connectivity index (χ1) is 13.0. The minimum Gasteiger partial charge on any atom is -0.379 e. The third-order valence-corrected chi connectivity index (χ3v) is 7.64. The SMILES string of the molecule is Cc1ccn2ncc(C(=O)N3CCCC(S(=O)(=O)N4CCOCC4)C3)c2c1. The van der Waals surface area contributed by atoms with Crippen molar-refractivity contribution >= 4 is 21.4 Å². The summed E-state index contributed by atoms with van der Waals surface area (Å²) in [4.78, 5) is 14.7. The van der Waals surface area contributed by atoms with E-state index in [1.165, 1.54) is 4.31 Å². The quantitative estimate of drug-likeness (QED) is 0.775. The number of sulfonamides is 1. The minimum atomic E-state index is -3.43. The van der Waals surface area contributed by atoms with Crippen LogP contribution in [0.2, 0.25) is 0 Å². The van der Waals surface area contributed by atoms with E-state index in [1.54, 1.807) is 15.6 Å². The second-order valence-corrected chi connectivity index (χ2v) is 9.38. The summed E-state index contributed by atoms with van der Waals surface area (Å²) in [6.45, 7) is 4.39. The summed E-state index contributed by atoms with van der Waals surface area (Å²) in [6, 6.07) is 3.85. The molecule has 0 radical (unpaired) electrons. The Labute approximate surface area is 158 Å². The molecule has 2 aromatic rings. The Balaban J connectivity index is 1.55. The van der Waals surface area contributed by atoms with Gasteiger partial charge in [-0.05, 0) is 37.5 Å². The zero-order valence-corrected chi connectivity index (χ0v) is 16.2. The molecule has 0 N–H and O–H groups in total. The van der Waals surface area contributed by atoms with Crippen LogP contribution in [-0.2, 0) is 14.8 Å². The monoisotopic (exact) mass is 392 g/mol. The molecule has 0 aliphatic carbocycles. The topological polar surface area (TPSA) is 84.2 Å². The van der Waals surface area contributed by atoms with E-state index in [4.69, 9.17) is 4.74 Å². The number of aryl methyl sites for hydroxylation is 1. The van der Waals surface area contributed by atoms with Crippen molar-refractivity contribution in [3.8, 4) is 0 Å². The Morgan fingerprint density at radius 3 is 2.81 bits per heavy atom. The van der Waals surface area contributed by atoms with Crippen molar-refractivity contribution in [2.45, 2.75) is 25.0 Å². The third kappa shape index (κ3) is 3.46. The van der Waals surface area contributed by atoms with Gasteiger partial charge in [0.15, 0.2) is 0 Å². The predicted molar refractivity (Wildman–Crippen MR) is 100 cm³/mol. The van der Waals surface area contributed by atoms with Gasteiger partial charge in [-0.3, -0.25) is 4.79 Å². The van der Waals surface area contributed by atoms with Crippen LogP contribution < -0.4 is 0 Å². The van der Waals surface area contributed by atoms with Gasteiger partial charge in [0.05, 0.1) is 35.7 Å². The first-order valence-corrected chi connectivity index (χ1v) is 10.8. The number of nitrogens with zero attached hydrogens (tertiary/aromatic N) is 4. The van der Waals surface area contributed by atoms with Crippen LogP contribution >= 0.6 is 0 Å². The van der Waals surface area contributed by atoms with E-state index >= 15 is 0 Å². The number of aromatic nitrogens is 2. The van der Waals surface area contributed by atoms with Gasteiger partial charge in [-0.2, -0.15) is 9.40 Å². The molecule has 146 valence electrons. The van der Waals surface area contributed by atoms with Gasteiger partial charge in [-0.1, -0.05) is 0 Å². The molecule has 0 saturated carbocycles. The van der Waals surface area contributed by atoms with Gasteiger partial charge in [0.2, 0.25) is 10.0 Å². The van der Waals surface area contributed by atoms with Crippen molar-refractivity contribution in [2.24, 2.45) is 0 Å². The Morgan fingerprint density at radius 1 is 1.26 bits per heavy atom. The molecule has 2 fully saturated rings. The van der Waals surface area contributed by atoms with Gasteiger partial charge in [-0.15, -0.1) is 0 Å². The van der Waals surface area contributed by atoms with Crippen molar-refractivity contribution in [3.63, 3.8) is 0 Å². The normalized spacial score (nSPS) is 22.3. The van der Waals surface area contributed by atoms with E-state index in [2.05, 4.69) is 5.10 Å². The number of carbonyl (C=O) groups excluding carboxylic acids is 1. The van der Waals surface area contributed by atoms with Crippen LogP contribution in [-0.4, -0.2) is 77.8 Å². The molecular formula is C18H24N4O4S. The van der Waals surface area contributed by atoms with Gasteiger partial charge >= 0.3 is 0 Å². The van der Waals surface area contributed by atoms with Gasteiger partial charge in [-0.25, -0.2) is 12.9 Å². The molecule has 27 heavy (non-hydrogen) atoms. The highest BCUT2D eigenvalue weighted by molar-refractivity contribution is 7.89. The van der Waals surface area contributed by atoms with Crippen LogP contribution in [0, 0.1) is 6.92 Å². The lowest BCUT2D eigenvalue weighted by atomic mass is 10.1. The highest BCUT2D eigenvalue weighted by atomic mass is 32.2. The Bertz CT molecular complexity index is 949. The van der Waals surface area contributed by atoms with Crippen molar-refractivity contribution < 1.29 is 17.9 Å². The van der Waals surface area contributed by atoms with Crippen LogP contribution in [0.3, 0.4) is 0 Å². The average molecular weight is 392 g/mol. The molecule has 2 saturated heterocycles. The van der Waals surface area contributed by atoms with Crippen molar-refractivity contribution in [2.75, 3.05) is 39.4 Å². The van der Waals surface area contributed by atoms with Crippen LogP contribution in [0.5, 0.6) is 0 Å². The lowest BCUT2D eigenvalue weighted by molar-refractivity contribution is 0.0687. The standard InChI is InChI=1S/C18H24N4O4S/c1-14-4-6-22-17(11-14)16(12-19-22)18(23)20-5-2-3-15(13-20)27(24,25)21-7-9-26-10-8-21/h4,6,11-12,15H,2-3,5,7-10,13H2,1H3. The maximum Gasteiger partial charge on any atom is 0.257 e. The number of ether oxygens (including phenoxy) is 1. The second-order valence-electron chi connectivity index (χ2n) is 7.16. The van der Waals surface area contributed by atoms with Crippen LogP contribution in [0.15, 0.2) is 24.5 Å². The second kappa shape index (κ2) is 7.21. The lowest BCUT2D eigenvalue weighted by Gasteiger charge is -2.36. The van der Waals surface area contributed by atoms with Crippen molar-refractivity contribution in [1.82, 2.24) is 18.8 Å². The zero-order chi connectivity index (χ0) is 19.0. The molecule has 2 aromatic heterocycles. The number of pyridine rings is 1. The van der Waals surface area contributed by atoms with E-state index in [9.17, 15) is 13.2 Å². The molecule has 8 nitrogen and oxygen atoms in total. The Morgan fingerprint density at radius 2 is 2.04 bits per heavy atom. The molecule has 4 rings (SSSR count). The summed E-state index contributed by atoms with van der Waals surface area (Å²) < 4.78 is 34.4. The third-order valence-electron chi connectivity index (χ3n) is 5.32. The number of morpholine rings is 1. The Hall–Kier alpha value is -1.97. The number of hydrogen-bond acceptors (Lipinski definition) is 5. The summed E-state index contributed by atoms with van der Waals surface area (Å²) in [6.07, 6.45) is 4.65.